The van der Waals surface area contributed by atoms with Gasteiger partial charge in [-0.3, -0.25) is 9.59 Å². The minimum atomic E-state index is -0.519. The van der Waals surface area contributed by atoms with E-state index >= 15 is 0 Å². The van der Waals surface area contributed by atoms with E-state index in [9.17, 15) is 14.0 Å². The van der Waals surface area contributed by atoms with Crippen LogP contribution < -0.4 is 5.32 Å². The summed E-state index contributed by atoms with van der Waals surface area (Å²) in [7, 11) is 0. The van der Waals surface area contributed by atoms with Crippen LogP contribution in [0.4, 0.5) is 4.39 Å². The number of carbonyl (C=O) groups excluding carboxylic acids is 2. The number of hydrogen-bond acceptors (Lipinski definition) is 3. The van der Waals surface area contributed by atoms with Gasteiger partial charge in [0.15, 0.2) is 0 Å². The minimum Gasteiger partial charge on any atom is -0.461 e. The molecular formula is C23H20FNO3. The highest BCUT2D eigenvalue weighted by Crippen LogP contribution is 2.19. The lowest BCUT2D eigenvalue weighted by Crippen LogP contribution is -2.30. The van der Waals surface area contributed by atoms with Crippen molar-refractivity contribution >= 4 is 11.9 Å². The van der Waals surface area contributed by atoms with Gasteiger partial charge in [-0.25, -0.2) is 4.39 Å². The fourth-order valence-electron chi connectivity index (χ4n) is 2.74. The smallest absolute Gasteiger partial charge is 0.308 e. The first-order chi connectivity index (χ1) is 13.6. The van der Waals surface area contributed by atoms with E-state index in [1.807, 2.05) is 36.4 Å². The van der Waals surface area contributed by atoms with Gasteiger partial charge in [0.2, 0.25) is 0 Å². The second-order valence-corrected chi connectivity index (χ2v) is 6.29. The van der Waals surface area contributed by atoms with Crippen LogP contribution in [0.5, 0.6) is 0 Å². The normalized spacial score (nSPS) is 11.5. The van der Waals surface area contributed by atoms with E-state index in [2.05, 4.69) is 5.32 Å². The Morgan fingerprint density at radius 3 is 2.11 bits per heavy atom. The number of carbonyl (C=O) groups is 2. The zero-order valence-corrected chi connectivity index (χ0v) is 15.2. The van der Waals surface area contributed by atoms with Crippen molar-refractivity contribution in [1.82, 2.24) is 5.32 Å². The maximum atomic E-state index is 13.0. The van der Waals surface area contributed by atoms with Gasteiger partial charge in [0.1, 0.15) is 12.4 Å². The molecule has 1 atom stereocenters. The third-order valence-electron chi connectivity index (χ3n) is 4.23. The lowest BCUT2D eigenvalue weighted by Gasteiger charge is -2.19. The molecule has 0 aliphatic rings. The van der Waals surface area contributed by atoms with Crippen molar-refractivity contribution in [2.75, 3.05) is 0 Å². The molecule has 28 heavy (non-hydrogen) atoms. The maximum absolute atomic E-state index is 13.0. The molecule has 3 aromatic rings. The lowest BCUT2D eigenvalue weighted by molar-refractivity contribution is -0.145. The van der Waals surface area contributed by atoms with Gasteiger partial charge < -0.3 is 10.1 Å². The largest absolute Gasteiger partial charge is 0.461 e. The summed E-state index contributed by atoms with van der Waals surface area (Å²) in [5.74, 6) is -1.06. The predicted octanol–water partition coefficient (Wildman–Crippen LogP) is 4.43. The molecule has 0 spiro atoms. The van der Waals surface area contributed by atoms with Crippen molar-refractivity contribution in [2.24, 2.45) is 0 Å². The molecule has 0 fully saturated rings. The van der Waals surface area contributed by atoms with E-state index in [4.69, 9.17) is 4.74 Å². The van der Waals surface area contributed by atoms with Crippen LogP contribution in [0.1, 0.15) is 33.9 Å². The van der Waals surface area contributed by atoms with Gasteiger partial charge in [0, 0.05) is 5.56 Å². The summed E-state index contributed by atoms with van der Waals surface area (Å²) >= 11 is 0. The first-order valence-corrected chi connectivity index (χ1v) is 8.93. The van der Waals surface area contributed by atoms with Crippen LogP contribution in [0.2, 0.25) is 0 Å². The summed E-state index contributed by atoms with van der Waals surface area (Å²) in [6.45, 7) is 0.0489. The minimum absolute atomic E-state index is 0.0101. The Morgan fingerprint density at radius 1 is 0.857 bits per heavy atom. The quantitative estimate of drug-likeness (QED) is 0.620. The van der Waals surface area contributed by atoms with Gasteiger partial charge in [-0.05, 0) is 35.4 Å². The first-order valence-electron chi connectivity index (χ1n) is 8.93. The van der Waals surface area contributed by atoms with Crippen molar-refractivity contribution in [1.29, 1.82) is 0 Å². The maximum Gasteiger partial charge on any atom is 0.308 e. The molecule has 4 nitrogen and oxygen atoms in total. The average Bonchev–Trinajstić information content (AvgIpc) is 2.74. The van der Waals surface area contributed by atoms with Crippen molar-refractivity contribution in [3.8, 4) is 0 Å². The Labute approximate surface area is 163 Å². The zero-order chi connectivity index (χ0) is 19.8. The zero-order valence-electron chi connectivity index (χ0n) is 15.2. The third-order valence-corrected chi connectivity index (χ3v) is 4.23. The van der Waals surface area contributed by atoms with Crippen molar-refractivity contribution in [3.63, 3.8) is 0 Å². The van der Waals surface area contributed by atoms with Gasteiger partial charge in [-0.2, -0.15) is 0 Å². The Kier molecular flexibility index (Phi) is 6.52. The highest BCUT2D eigenvalue weighted by molar-refractivity contribution is 5.94. The summed E-state index contributed by atoms with van der Waals surface area (Å²) in [4.78, 5) is 24.9. The first kappa shape index (κ1) is 19.3. The molecule has 1 amide bonds. The highest BCUT2D eigenvalue weighted by atomic mass is 19.1. The van der Waals surface area contributed by atoms with E-state index in [1.165, 1.54) is 12.1 Å². The summed E-state index contributed by atoms with van der Waals surface area (Å²) in [5, 5.41) is 2.90. The Balaban J connectivity index is 1.66. The van der Waals surface area contributed by atoms with Gasteiger partial charge in [0.05, 0.1) is 12.5 Å². The van der Waals surface area contributed by atoms with Crippen LogP contribution in [0.15, 0.2) is 84.9 Å². The van der Waals surface area contributed by atoms with Gasteiger partial charge in [0.25, 0.3) is 5.91 Å². The van der Waals surface area contributed by atoms with Gasteiger partial charge >= 0.3 is 5.97 Å². The summed E-state index contributed by atoms with van der Waals surface area (Å²) in [6.07, 6.45) is -0.0101. The summed E-state index contributed by atoms with van der Waals surface area (Å²) in [5.41, 5.74) is 2.02. The lowest BCUT2D eigenvalue weighted by atomic mass is 10.0. The molecule has 5 heteroatoms. The Hall–Kier alpha value is -3.47. The van der Waals surface area contributed by atoms with E-state index < -0.39 is 12.0 Å². The average molecular weight is 377 g/mol. The van der Waals surface area contributed by atoms with Crippen molar-refractivity contribution in [3.05, 3.63) is 107 Å². The van der Waals surface area contributed by atoms with Crippen LogP contribution >= 0.6 is 0 Å². The second kappa shape index (κ2) is 9.46. The molecule has 0 aliphatic carbocycles. The Morgan fingerprint density at radius 2 is 1.46 bits per heavy atom. The van der Waals surface area contributed by atoms with Crippen LogP contribution in [0.25, 0.3) is 0 Å². The predicted molar refractivity (Wildman–Crippen MR) is 104 cm³/mol. The second-order valence-electron chi connectivity index (χ2n) is 6.29. The van der Waals surface area contributed by atoms with Crippen LogP contribution in [-0.4, -0.2) is 11.9 Å². The highest BCUT2D eigenvalue weighted by Gasteiger charge is 2.20. The summed E-state index contributed by atoms with van der Waals surface area (Å²) in [6, 6.07) is 23.3. The van der Waals surface area contributed by atoms with E-state index in [1.54, 1.807) is 36.4 Å². The Bertz CT molecular complexity index is 912. The number of halogens is 1. The van der Waals surface area contributed by atoms with E-state index in [0.29, 0.717) is 11.1 Å². The monoisotopic (exact) mass is 377 g/mol. The number of benzene rings is 3. The number of esters is 1. The molecule has 142 valence electrons. The number of rotatable bonds is 7. The molecular weight excluding hydrogens is 357 g/mol. The van der Waals surface area contributed by atoms with E-state index in [0.717, 1.165) is 5.56 Å². The standard InChI is InChI=1S/C23H20FNO3/c24-20-13-11-17(12-14-20)16-28-22(26)15-21(18-7-3-1-4-8-18)25-23(27)19-9-5-2-6-10-19/h1-14,21H,15-16H2,(H,25,27). The van der Waals surface area contributed by atoms with Gasteiger partial charge in [-0.1, -0.05) is 60.7 Å². The molecule has 0 aliphatic heterocycles. The van der Waals surface area contributed by atoms with Crippen LogP contribution in [0.3, 0.4) is 0 Å². The molecule has 3 aromatic carbocycles. The molecule has 0 saturated carbocycles. The molecule has 0 saturated heterocycles. The topological polar surface area (TPSA) is 55.4 Å². The molecule has 0 aromatic heterocycles. The van der Waals surface area contributed by atoms with Crippen molar-refractivity contribution < 1.29 is 18.7 Å². The van der Waals surface area contributed by atoms with Crippen LogP contribution in [-0.2, 0) is 16.1 Å². The van der Waals surface area contributed by atoms with E-state index in [-0.39, 0.29) is 24.8 Å². The number of nitrogens with one attached hydrogen (secondary N) is 1. The number of ether oxygens (including phenoxy) is 1. The number of hydrogen-bond donors (Lipinski definition) is 1. The third kappa shape index (κ3) is 5.51. The molecule has 1 N–H and O–H groups in total. The fraction of sp³-hybridized carbons (Fsp3) is 0.130. The molecule has 1 unspecified atom stereocenters. The molecule has 0 heterocycles. The van der Waals surface area contributed by atoms with Crippen molar-refractivity contribution in [2.45, 2.75) is 19.1 Å². The van der Waals surface area contributed by atoms with Gasteiger partial charge in [-0.15, -0.1) is 0 Å². The molecule has 3 rings (SSSR count). The molecule has 0 bridgehead atoms. The summed E-state index contributed by atoms with van der Waals surface area (Å²) < 4.78 is 18.3. The number of amides is 1. The van der Waals surface area contributed by atoms with Crippen LogP contribution in [0, 0.1) is 5.82 Å². The molecule has 0 radical (unpaired) electrons. The SMILES string of the molecule is O=C(CC(NC(=O)c1ccccc1)c1ccccc1)OCc1ccc(F)cc1. The fourth-order valence-corrected chi connectivity index (χ4v) is 2.74.